The Morgan fingerprint density at radius 2 is 2.16 bits per heavy atom. The maximum atomic E-state index is 4.57. The summed E-state index contributed by atoms with van der Waals surface area (Å²) in [4.78, 5) is 6.90. The second kappa shape index (κ2) is 6.19. The van der Waals surface area contributed by atoms with E-state index in [-0.39, 0.29) is 0 Å². The highest BCUT2D eigenvalue weighted by molar-refractivity contribution is 8.00. The maximum absolute atomic E-state index is 4.57. The third kappa shape index (κ3) is 3.27. The highest BCUT2D eigenvalue weighted by atomic mass is 32.2. The van der Waals surface area contributed by atoms with Crippen molar-refractivity contribution in [2.24, 2.45) is 0 Å². The van der Waals surface area contributed by atoms with E-state index in [9.17, 15) is 0 Å². The summed E-state index contributed by atoms with van der Waals surface area (Å²) in [5.74, 6) is 0.894. The summed E-state index contributed by atoms with van der Waals surface area (Å²) < 4.78 is 1.05. The van der Waals surface area contributed by atoms with Gasteiger partial charge in [-0.2, -0.15) is 0 Å². The van der Waals surface area contributed by atoms with Gasteiger partial charge in [0.05, 0.1) is 10.7 Å². The van der Waals surface area contributed by atoms with Crippen LogP contribution < -0.4 is 4.90 Å². The van der Waals surface area contributed by atoms with Crippen LogP contribution in [0.3, 0.4) is 0 Å². The Kier molecular flexibility index (Phi) is 4.35. The van der Waals surface area contributed by atoms with Gasteiger partial charge in [0.25, 0.3) is 0 Å². The Hall–Kier alpha value is -0.660. The zero-order valence-electron chi connectivity index (χ0n) is 10.8. The molecule has 3 heterocycles. The van der Waals surface area contributed by atoms with Gasteiger partial charge in [-0.25, -0.2) is 4.98 Å². The van der Waals surface area contributed by atoms with Crippen LogP contribution in [0.25, 0.3) is 0 Å². The average Bonchev–Trinajstić information content (AvgIpc) is 3.16. The third-order valence-electron chi connectivity index (χ3n) is 3.02. The van der Waals surface area contributed by atoms with Crippen molar-refractivity contribution in [2.45, 2.75) is 36.3 Å². The van der Waals surface area contributed by atoms with E-state index in [4.69, 9.17) is 0 Å². The van der Waals surface area contributed by atoms with Crippen LogP contribution in [-0.4, -0.2) is 28.3 Å². The van der Waals surface area contributed by atoms with Crippen molar-refractivity contribution < 1.29 is 0 Å². The molecule has 0 N–H and O–H groups in total. The van der Waals surface area contributed by atoms with E-state index in [0.29, 0.717) is 0 Å². The summed E-state index contributed by atoms with van der Waals surface area (Å²) >= 11 is 5.19. The molecule has 19 heavy (non-hydrogen) atoms. The van der Waals surface area contributed by atoms with Crippen LogP contribution in [0.2, 0.25) is 0 Å². The Morgan fingerprint density at radius 3 is 2.89 bits per heavy atom. The van der Waals surface area contributed by atoms with Crippen LogP contribution in [0, 0.1) is 0 Å². The third-order valence-corrected chi connectivity index (χ3v) is 6.21. The molecular weight excluding hydrogens is 296 g/mol. The number of hydrogen-bond donors (Lipinski definition) is 0. The van der Waals surface area contributed by atoms with Gasteiger partial charge in [0, 0.05) is 24.2 Å². The SMILES string of the molecule is CCc1nc(CSc2nnc(N3CCCC3)s2)cs1. The Balaban J connectivity index is 1.57. The average molecular weight is 312 g/mol. The number of aryl methyl sites for hydroxylation is 1. The van der Waals surface area contributed by atoms with Gasteiger partial charge in [-0.3, -0.25) is 0 Å². The smallest absolute Gasteiger partial charge is 0.209 e. The van der Waals surface area contributed by atoms with Crippen LogP contribution in [0.4, 0.5) is 5.13 Å². The number of aromatic nitrogens is 3. The minimum Gasteiger partial charge on any atom is -0.347 e. The molecule has 0 unspecified atom stereocenters. The van der Waals surface area contributed by atoms with Gasteiger partial charge in [-0.1, -0.05) is 30.0 Å². The van der Waals surface area contributed by atoms with Crippen molar-refractivity contribution in [1.82, 2.24) is 15.2 Å². The van der Waals surface area contributed by atoms with E-state index in [1.54, 1.807) is 34.4 Å². The molecule has 3 rings (SSSR count). The number of hydrogen-bond acceptors (Lipinski definition) is 7. The van der Waals surface area contributed by atoms with Gasteiger partial charge in [0.2, 0.25) is 5.13 Å². The summed E-state index contributed by atoms with van der Waals surface area (Å²) in [5.41, 5.74) is 1.16. The molecule has 1 aliphatic heterocycles. The zero-order chi connectivity index (χ0) is 13.1. The van der Waals surface area contributed by atoms with Crippen molar-refractivity contribution in [1.29, 1.82) is 0 Å². The van der Waals surface area contributed by atoms with Crippen molar-refractivity contribution in [3.63, 3.8) is 0 Å². The first-order valence-electron chi connectivity index (χ1n) is 6.49. The fourth-order valence-electron chi connectivity index (χ4n) is 2.01. The molecule has 0 amide bonds. The maximum Gasteiger partial charge on any atom is 0.209 e. The number of thiazole rings is 1. The van der Waals surface area contributed by atoms with E-state index in [2.05, 4.69) is 32.4 Å². The molecule has 1 fully saturated rings. The molecule has 1 saturated heterocycles. The first kappa shape index (κ1) is 13.3. The van der Waals surface area contributed by atoms with Crippen LogP contribution in [0.1, 0.15) is 30.5 Å². The van der Waals surface area contributed by atoms with Crippen LogP contribution >= 0.6 is 34.4 Å². The summed E-state index contributed by atoms with van der Waals surface area (Å²) in [6.07, 6.45) is 3.58. The van der Waals surface area contributed by atoms with Gasteiger partial charge in [-0.05, 0) is 19.3 Å². The van der Waals surface area contributed by atoms with Crippen LogP contribution in [-0.2, 0) is 12.2 Å². The Labute approximate surface area is 125 Å². The Morgan fingerprint density at radius 1 is 1.32 bits per heavy atom. The molecule has 0 saturated carbocycles. The number of anilines is 1. The molecule has 2 aromatic rings. The van der Waals surface area contributed by atoms with Crippen molar-refractivity contribution in [3.05, 3.63) is 16.1 Å². The second-order valence-corrected chi connectivity index (χ2v) is 7.54. The largest absolute Gasteiger partial charge is 0.347 e. The van der Waals surface area contributed by atoms with Gasteiger partial charge >= 0.3 is 0 Å². The lowest BCUT2D eigenvalue weighted by Crippen LogP contribution is -2.17. The van der Waals surface area contributed by atoms with Crippen LogP contribution in [0.15, 0.2) is 9.72 Å². The monoisotopic (exact) mass is 312 g/mol. The minimum atomic E-state index is 0.894. The lowest BCUT2D eigenvalue weighted by atomic mass is 10.4. The molecule has 0 spiro atoms. The fourth-order valence-corrected chi connectivity index (χ4v) is 4.65. The van der Waals surface area contributed by atoms with E-state index >= 15 is 0 Å². The summed E-state index contributed by atoms with van der Waals surface area (Å²) in [7, 11) is 0. The normalized spacial score (nSPS) is 15.3. The van der Waals surface area contributed by atoms with Crippen molar-refractivity contribution >= 4 is 39.6 Å². The molecule has 0 atom stereocenters. The molecular formula is C12H16N4S3. The topological polar surface area (TPSA) is 41.9 Å². The summed E-state index contributed by atoms with van der Waals surface area (Å²) in [5, 5.41) is 13.0. The highest BCUT2D eigenvalue weighted by Gasteiger charge is 2.16. The predicted molar refractivity (Wildman–Crippen MR) is 82.4 cm³/mol. The van der Waals surface area contributed by atoms with Gasteiger partial charge in [-0.15, -0.1) is 21.5 Å². The van der Waals surface area contributed by atoms with Gasteiger partial charge < -0.3 is 4.90 Å². The van der Waals surface area contributed by atoms with Crippen LogP contribution in [0.5, 0.6) is 0 Å². The first-order chi connectivity index (χ1) is 9.35. The number of thioether (sulfide) groups is 1. The summed E-state index contributed by atoms with van der Waals surface area (Å²) in [6, 6.07) is 0. The minimum absolute atomic E-state index is 0.894. The van der Waals surface area contributed by atoms with Crippen molar-refractivity contribution in [2.75, 3.05) is 18.0 Å². The molecule has 0 bridgehead atoms. The molecule has 2 aromatic heterocycles. The van der Waals surface area contributed by atoms with Gasteiger partial charge in [0.15, 0.2) is 4.34 Å². The van der Waals surface area contributed by atoms with E-state index in [1.165, 1.54) is 17.8 Å². The Bertz CT molecular complexity index is 531. The highest BCUT2D eigenvalue weighted by Crippen LogP contribution is 2.31. The van der Waals surface area contributed by atoms with E-state index in [0.717, 1.165) is 40.4 Å². The van der Waals surface area contributed by atoms with Crippen molar-refractivity contribution in [3.8, 4) is 0 Å². The summed E-state index contributed by atoms with van der Waals surface area (Å²) in [6.45, 7) is 4.40. The molecule has 4 nitrogen and oxygen atoms in total. The second-order valence-electron chi connectivity index (χ2n) is 4.42. The molecule has 0 aromatic carbocycles. The lowest BCUT2D eigenvalue weighted by Gasteiger charge is -2.10. The molecule has 102 valence electrons. The first-order valence-corrected chi connectivity index (χ1v) is 9.18. The van der Waals surface area contributed by atoms with Gasteiger partial charge in [0.1, 0.15) is 0 Å². The molecule has 0 radical (unpaired) electrons. The molecule has 7 heteroatoms. The predicted octanol–water partition coefficient (Wildman–Crippen LogP) is 3.45. The standard InChI is InChI=1S/C12H16N4S3/c1-2-10-13-9(7-17-10)8-18-12-15-14-11(19-12)16-5-3-4-6-16/h7H,2-6,8H2,1H3. The molecule has 0 aliphatic carbocycles. The number of nitrogens with zero attached hydrogens (tertiary/aromatic N) is 4. The number of rotatable bonds is 5. The zero-order valence-corrected chi connectivity index (χ0v) is 13.3. The van der Waals surface area contributed by atoms with E-state index < -0.39 is 0 Å². The quantitative estimate of drug-likeness (QED) is 0.791. The van der Waals surface area contributed by atoms with E-state index in [1.807, 2.05) is 0 Å². The lowest BCUT2D eigenvalue weighted by molar-refractivity contribution is 0.912. The fraction of sp³-hybridized carbons (Fsp3) is 0.583. The molecule has 1 aliphatic rings.